The van der Waals surface area contributed by atoms with Gasteiger partial charge in [0, 0.05) is 19.7 Å². The number of rotatable bonds is 4. The zero-order valence-electron chi connectivity index (χ0n) is 15.6. The smallest absolute Gasteiger partial charge is 0.229 e. The van der Waals surface area contributed by atoms with Crippen molar-refractivity contribution in [1.29, 1.82) is 0 Å². The Morgan fingerprint density at radius 2 is 1.80 bits per heavy atom. The number of ether oxygens (including phenoxy) is 1. The van der Waals surface area contributed by atoms with Crippen molar-refractivity contribution >= 4 is 6.41 Å². The third kappa shape index (κ3) is 14.4. The number of hydrogen-bond donors (Lipinski definition) is 1. The van der Waals surface area contributed by atoms with Gasteiger partial charge in [-0.15, -0.1) is 0 Å². The number of methoxy groups -OCH3 is 1. The minimum Gasteiger partial charge on any atom is -0.380 e. The van der Waals surface area contributed by atoms with E-state index in [1.807, 2.05) is 44.2 Å². The Kier molecular flexibility index (Phi) is 19.2. The van der Waals surface area contributed by atoms with Crippen LogP contribution < -0.4 is 5.32 Å². The first kappa shape index (κ1) is 25.6. The molecule has 0 aliphatic carbocycles. The van der Waals surface area contributed by atoms with Crippen LogP contribution in [0.4, 0.5) is 13.2 Å². The van der Waals surface area contributed by atoms with Crippen molar-refractivity contribution < 1.29 is 22.7 Å². The molecule has 1 amide bonds. The fraction of sp³-hybridized carbons (Fsp3) is 0.611. The normalized spacial score (nSPS) is 18.4. The van der Waals surface area contributed by atoms with Crippen LogP contribution in [0.2, 0.25) is 0 Å². The summed E-state index contributed by atoms with van der Waals surface area (Å²) in [7, 11) is 3.48. The van der Waals surface area contributed by atoms with E-state index in [0.717, 1.165) is 0 Å². The van der Waals surface area contributed by atoms with Crippen molar-refractivity contribution in [3.05, 3.63) is 35.9 Å². The zero-order valence-corrected chi connectivity index (χ0v) is 15.6. The van der Waals surface area contributed by atoms with Gasteiger partial charge in [-0.1, -0.05) is 44.2 Å². The molecule has 1 aromatic rings. The maximum atomic E-state index is 12.8. The molecule has 7 heteroatoms. The van der Waals surface area contributed by atoms with Crippen molar-refractivity contribution in [2.75, 3.05) is 34.2 Å². The largest absolute Gasteiger partial charge is 0.380 e. The van der Waals surface area contributed by atoms with E-state index in [9.17, 15) is 18.0 Å². The summed E-state index contributed by atoms with van der Waals surface area (Å²) in [6, 6.07) is 10.2. The first-order valence-corrected chi connectivity index (χ1v) is 8.26. The van der Waals surface area contributed by atoms with Gasteiger partial charge in [-0.2, -0.15) is 0 Å². The topological polar surface area (TPSA) is 41.6 Å². The maximum absolute atomic E-state index is 12.8. The van der Waals surface area contributed by atoms with Gasteiger partial charge in [-0.25, -0.2) is 13.2 Å². The summed E-state index contributed by atoms with van der Waals surface area (Å²) in [5.74, 6) is 0. The van der Waals surface area contributed by atoms with E-state index in [1.54, 1.807) is 14.2 Å². The number of likely N-dealkylation sites (tertiary alicyclic amines) is 1. The second-order valence-electron chi connectivity index (χ2n) is 4.90. The number of nitrogens with one attached hydrogen (secondary N) is 1. The molecule has 1 N–H and O–H groups in total. The van der Waals surface area contributed by atoms with E-state index in [0.29, 0.717) is 26.0 Å². The molecule has 2 rings (SSSR count). The Labute approximate surface area is 149 Å². The molecule has 0 aromatic heterocycles. The number of carbonyl (C=O) groups is 1. The lowest BCUT2D eigenvalue weighted by atomic mass is 10.1. The standard InChI is InChI=1S/C8H10O.C7H13FN2O.C2H6.CH2F2/c1-9-7-8-5-3-2-4-6-8;1-9-7-2-6(8)3-10(4-7)5-11;1-2;2-1-3/h2-6H,7H2,1H3;5-7,9H,2-4H2,1H3;1-2H3;1H2/t;6-,7?;;/m.0../s1. The van der Waals surface area contributed by atoms with Gasteiger partial charge in [-0.05, 0) is 19.0 Å². The van der Waals surface area contributed by atoms with Crippen molar-refractivity contribution in [2.45, 2.75) is 39.1 Å². The lowest BCUT2D eigenvalue weighted by Crippen LogP contribution is -2.48. The minimum absolute atomic E-state index is 0.115. The minimum atomic E-state index is -1.75. The third-order valence-corrected chi connectivity index (χ3v) is 3.14. The van der Waals surface area contributed by atoms with Gasteiger partial charge in [0.2, 0.25) is 13.3 Å². The van der Waals surface area contributed by atoms with Crippen molar-refractivity contribution in [3.63, 3.8) is 0 Å². The van der Waals surface area contributed by atoms with Crippen molar-refractivity contribution in [1.82, 2.24) is 10.2 Å². The van der Waals surface area contributed by atoms with E-state index >= 15 is 0 Å². The molecule has 0 saturated carbocycles. The Morgan fingerprint density at radius 1 is 1.24 bits per heavy atom. The predicted octanol–water partition coefficient (Wildman–Crippen LogP) is 3.52. The highest BCUT2D eigenvalue weighted by Gasteiger charge is 2.24. The van der Waals surface area contributed by atoms with Gasteiger partial charge in [0.1, 0.15) is 6.17 Å². The summed E-state index contributed by atoms with van der Waals surface area (Å²) in [4.78, 5) is 11.8. The Balaban J connectivity index is 0. The summed E-state index contributed by atoms with van der Waals surface area (Å²) < 4.78 is 37.0. The second kappa shape index (κ2) is 18.7. The number of hydrogen-bond acceptors (Lipinski definition) is 3. The van der Waals surface area contributed by atoms with Gasteiger partial charge in [0.05, 0.1) is 13.2 Å². The van der Waals surface area contributed by atoms with E-state index in [2.05, 4.69) is 5.32 Å². The molecule has 1 heterocycles. The molecule has 0 radical (unpaired) electrons. The number of piperidine rings is 1. The van der Waals surface area contributed by atoms with Crippen LogP contribution in [0.15, 0.2) is 30.3 Å². The van der Waals surface area contributed by atoms with Gasteiger partial charge in [0.25, 0.3) is 0 Å². The fourth-order valence-electron chi connectivity index (χ4n) is 2.11. The molecule has 0 spiro atoms. The first-order chi connectivity index (χ1) is 12.1. The number of likely N-dealkylation sites (N-methyl/N-ethyl adjacent to an activating group) is 1. The highest BCUT2D eigenvalue weighted by atomic mass is 19.3. The van der Waals surface area contributed by atoms with E-state index < -0.39 is 13.1 Å². The van der Waals surface area contributed by atoms with Gasteiger partial charge in [0.15, 0.2) is 0 Å². The van der Waals surface area contributed by atoms with E-state index in [-0.39, 0.29) is 12.6 Å². The number of benzene rings is 1. The van der Waals surface area contributed by atoms with Crippen LogP contribution >= 0.6 is 0 Å². The molecule has 1 aliphatic heterocycles. The lowest BCUT2D eigenvalue weighted by molar-refractivity contribution is -0.120. The van der Waals surface area contributed by atoms with Crippen molar-refractivity contribution in [2.24, 2.45) is 0 Å². The van der Waals surface area contributed by atoms with Gasteiger partial charge >= 0.3 is 0 Å². The molecule has 1 fully saturated rings. The molecule has 0 bridgehead atoms. The molecule has 4 nitrogen and oxygen atoms in total. The lowest BCUT2D eigenvalue weighted by Gasteiger charge is -2.31. The second-order valence-corrected chi connectivity index (χ2v) is 4.90. The zero-order chi connectivity index (χ0) is 19.5. The molecule has 1 saturated heterocycles. The number of alkyl halides is 3. The molecule has 1 aromatic carbocycles. The molecular formula is C18H31F3N2O2. The molecule has 25 heavy (non-hydrogen) atoms. The molecule has 2 atom stereocenters. The van der Waals surface area contributed by atoms with E-state index in [4.69, 9.17) is 4.74 Å². The summed E-state index contributed by atoms with van der Waals surface area (Å²) in [6.07, 6.45) is 0.350. The number of halogens is 3. The third-order valence-electron chi connectivity index (χ3n) is 3.14. The van der Waals surface area contributed by atoms with E-state index in [1.165, 1.54) is 10.5 Å². The molecule has 146 valence electrons. The van der Waals surface area contributed by atoms with Gasteiger partial charge in [-0.3, -0.25) is 4.79 Å². The van der Waals surface area contributed by atoms with Crippen LogP contribution in [-0.4, -0.2) is 57.7 Å². The van der Waals surface area contributed by atoms with Crippen LogP contribution in [0.25, 0.3) is 0 Å². The Bertz CT molecular complexity index is 397. The predicted molar refractivity (Wildman–Crippen MR) is 95.6 cm³/mol. The van der Waals surface area contributed by atoms with Gasteiger partial charge < -0.3 is 15.0 Å². The fourth-order valence-corrected chi connectivity index (χ4v) is 2.11. The van der Waals surface area contributed by atoms with Crippen LogP contribution in [0.1, 0.15) is 25.8 Å². The van der Waals surface area contributed by atoms with Crippen LogP contribution in [0.3, 0.4) is 0 Å². The monoisotopic (exact) mass is 364 g/mol. The first-order valence-electron chi connectivity index (χ1n) is 8.26. The van der Waals surface area contributed by atoms with Crippen LogP contribution in [0, 0.1) is 0 Å². The molecule has 1 aliphatic rings. The average molecular weight is 364 g/mol. The summed E-state index contributed by atoms with van der Waals surface area (Å²) >= 11 is 0. The SMILES string of the molecule is CC.CNC1C[C@H](F)CN(C=O)C1.COCc1ccccc1.FCF. The summed E-state index contributed by atoms with van der Waals surface area (Å²) in [5, 5.41) is 2.96. The summed E-state index contributed by atoms with van der Waals surface area (Å²) in [5.41, 5.74) is 1.22. The Hall–Kier alpha value is -1.60. The molecule has 1 unspecified atom stereocenters. The number of nitrogens with zero attached hydrogens (tertiary/aromatic N) is 1. The van der Waals surface area contributed by atoms with Crippen LogP contribution in [-0.2, 0) is 16.1 Å². The summed E-state index contributed by atoms with van der Waals surface area (Å²) in [6.45, 7) is 3.84. The van der Waals surface area contributed by atoms with Crippen molar-refractivity contribution in [3.8, 4) is 0 Å². The highest BCUT2D eigenvalue weighted by Crippen LogP contribution is 2.11. The van der Waals surface area contributed by atoms with Crippen LogP contribution in [0.5, 0.6) is 0 Å². The maximum Gasteiger partial charge on any atom is 0.229 e. The Morgan fingerprint density at radius 3 is 2.24 bits per heavy atom. The average Bonchev–Trinajstić information content (AvgIpc) is 2.65. The number of carbonyl (C=O) groups excluding carboxylic acids is 1. The number of amides is 1. The quantitative estimate of drug-likeness (QED) is 0.831. The highest BCUT2D eigenvalue weighted by molar-refractivity contribution is 5.47. The molecular weight excluding hydrogens is 333 g/mol.